The molecule has 0 saturated carbocycles. The van der Waals surface area contributed by atoms with Gasteiger partial charge in [-0.2, -0.15) is 0 Å². The molecule has 3 aromatic carbocycles. The van der Waals surface area contributed by atoms with Crippen LogP contribution in [0.2, 0.25) is 0 Å². The van der Waals surface area contributed by atoms with Gasteiger partial charge in [0.15, 0.2) is 0 Å². The third-order valence-corrected chi connectivity index (χ3v) is 5.64. The summed E-state index contributed by atoms with van der Waals surface area (Å²) in [5.74, 6) is -1.81. The first-order valence-electron chi connectivity index (χ1n) is 10.6. The van der Waals surface area contributed by atoms with Crippen LogP contribution in [-0.2, 0) is 20.9 Å². The summed E-state index contributed by atoms with van der Waals surface area (Å²) in [6.45, 7) is 0.802. The zero-order chi connectivity index (χ0) is 22.3. The highest BCUT2D eigenvalue weighted by Crippen LogP contribution is 2.25. The second-order valence-corrected chi connectivity index (χ2v) is 7.89. The molecule has 2 N–H and O–H groups in total. The van der Waals surface area contributed by atoms with Crippen LogP contribution in [0.25, 0.3) is 0 Å². The molecule has 0 radical (unpaired) electrons. The predicted molar refractivity (Wildman–Crippen MR) is 121 cm³/mol. The van der Waals surface area contributed by atoms with Gasteiger partial charge in [0, 0.05) is 19.5 Å². The maximum absolute atomic E-state index is 13.0. The number of nitrogens with zero attached hydrogens (tertiary/aromatic N) is 1. The van der Waals surface area contributed by atoms with Crippen LogP contribution in [0.4, 0.5) is 0 Å². The van der Waals surface area contributed by atoms with Gasteiger partial charge in [0.05, 0.1) is 11.8 Å². The summed E-state index contributed by atoms with van der Waals surface area (Å²) in [5.41, 5.74) is 7.78. The van der Waals surface area contributed by atoms with E-state index in [1.807, 2.05) is 91.0 Å². The number of rotatable bonds is 6. The number of hydrogen-bond acceptors (Lipinski definition) is 3. The molecule has 3 aromatic rings. The summed E-state index contributed by atoms with van der Waals surface area (Å²) in [6.07, 6.45) is 0.134. The Labute approximate surface area is 187 Å². The minimum atomic E-state index is -0.558. The Kier molecular flexibility index (Phi) is 6.60. The Morgan fingerprint density at radius 2 is 1.34 bits per heavy atom. The Balaban J connectivity index is 1.38. The van der Waals surface area contributed by atoms with Crippen LogP contribution >= 0.6 is 0 Å². The molecule has 0 aliphatic carbocycles. The summed E-state index contributed by atoms with van der Waals surface area (Å²) in [7, 11) is 0. The number of carbonyl (C=O) groups excluding carboxylic acids is 3. The monoisotopic (exact) mass is 427 g/mol. The van der Waals surface area contributed by atoms with E-state index >= 15 is 0 Å². The minimum absolute atomic E-state index is 0.0632. The molecule has 1 heterocycles. The zero-order valence-corrected chi connectivity index (χ0v) is 17.6. The number of amides is 3. The van der Waals surface area contributed by atoms with Crippen LogP contribution in [0.1, 0.15) is 29.0 Å². The maximum atomic E-state index is 13.0. The molecular weight excluding hydrogens is 402 g/mol. The van der Waals surface area contributed by atoms with Crippen molar-refractivity contribution >= 4 is 17.7 Å². The normalized spacial score (nSPS) is 15.6. The number of hydrazine groups is 1. The standard InChI is InChI=1S/C26H25N3O3/c30-23-16-22(18-29(23)17-19-10-4-1-5-11-19)25(31)27-28-26(32)24(20-12-6-2-7-13-20)21-14-8-3-9-15-21/h1-15,22,24H,16-18H2,(H,27,31)(H,28,32). The molecule has 1 aliphatic heterocycles. The molecule has 32 heavy (non-hydrogen) atoms. The first-order valence-corrected chi connectivity index (χ1v) is 10.6. The number of carbonyl (C=O) groups is 3. The Morgan fingerprint density at radius 3 is 1.91 bits per heavy atom. The smallest absolute Gasteiger partial charge is 0.250 e. The van der Waals surface area contributed by atoms with E-state index in [9.17, 15) is 14.4 Å². The third kappa shape index (κ3) is 5.03. The molecule has 162 valence electrons. The molecule has 1 unspecified atom stereocenters. The zero-order valence-electron chi connectivity index (χ0n) is 17.6. The van der Waals surface area contributed by atoms with Crippen molar-refractivity contribution in [1.29, 1.82) is 0 Å². The molecule has 1 saturated heterocycles. The molecule has 1 aliphatic rings. The van der Waals surface area contributed by atoms with Gasteiger partial charge in [-0.05, 0) is 16.7 Å². The Morgan fingerprint density at radius 1 is 0.812 bits per heavy atom. The molecule has 0 spiro atoms. The van der Waals surface area contributed by atoms with Gasteiger partial charge in [-0.15, -0.1) is 0 Å². The summed E-state index contributed by atoms with van der Waals surface area (Å²) in [5, 5.41) is 0. The lowest BCUT2D eigenvalue weighted by molar-refractivity contribution is -0.131. The van der Waals surface area contributed by atoms with E-state index in [1.165, 1.54) is 0 Å². The molecule has 0 aromatic heterocycles. The number of hydrogen-bond donors (Lipinski definition) is 2. The van der Waals surface area contributed by atoms with E-state index in [0.29, 0.717) is 13.1 Å². The fourth-order valence-corrected chi connectivity index (χ4v) is 3.99. The van der Waals surface area contributed by atoms with Crippen molar-refractivity contribution in [2.24, 2.45) is 5.92 Å². The van der Waals surface area contributed by atoms with Crippen LogP contribution in [0, 0.1) is 5.92 Å². The molecule has 3 amide bonds. The molecule has 6 nitrogen and oxygen atoms in total. The van der Waals surface area contributed by atoms with E-state index in [0.717, 1.165) is 16.7 Å². The van der Waals surface area contributed by atoms with Gasteiger partial charge < -0.3 is 4.90 Å². The van der Waals surface area contributed by atoms with Crippen molar-refractivity contribution in [3.05, 3.63) is 108 Å². The summed E-state index contributed by atoms with van der Waals surface area (Å²) in [6, 6.07) is 28.5. The molecule has 0 bridgehead atoms. The molecule has 6 heteroatoms. The van der Waals surface area contributed by atoms with Crippen LogP contribution in [0.5, 0.6) is 0 Å². The molecule has 1 atom stereocenters. The fourth-order valence-electron chi connectivity index (χ4n) is 3.99. The van der Waals surface area contributed by atoms with Gasteiger partial charge in [-0.1, -0.05) is 91.0 Å². The highest BCUT2D eigenvalue weighted by molar-refractivity contribution is 5.92. The highest BCUT2D eigenvalue weighted by Gasteiger charge is 2.34. The summed E-state index contributed by atoms with van der Waals surface area (Å²) < 4.78 is 0. The van der Waals surface area contributed by atoms with Gasteiger partial charge >= 0.3 is 0 Å². The van der Waals surface area contributed by atoms with E-state index in [4.69, 9.17) is 0 Å². The maximum Gasteiger partial charge on any atom is 0.250 e. The first kappa shape index (κ1) is 21.3. The molecule has 4 rings (SSSR count). The topological polar surface area (TPSA) is 78.5 Å². The predicted octanol–water partition coefficient (Wildman–Crippen LogP) is 3.01. The highest BCUT2D eigenvalue weighted by atomic mass is 16.2. The lowest BCUT2D eigenvalue weighted by Gasteiger charge is -2.19. The van der Waals surface area contributed by atoms with Crippen LogP contribution in [0.3, 0.4) is 0 Å². The van der Waals surface area contributed by atoms with Crippen molar-refractivity contribution in [3.63, 3.8) is 0 Å². The minimum Gasteiger partial charge on any atom is -0.338 e. The molecular formula is C26H25N3O3. The number of nitrogens with one attached hydrogen (secondary N) is 2. The van der Waals surface area contributed by atoms with E-state index in [1.54, 1.807) is 4.90 Å². The molecule has 1 fully saturated rings. The lowest BCUT2D eigenvalue weighted by atomic mass is 9.91. The van der Waals surface area contributed by atoms with Gasteiger partial charge in [-0.3, -0.25) is 25.2 Å². The van der Waals surface area contributed by atoms with E-state index < -0.39 is 11.8 Å². The van der Waals surface area contributed by atoms with E-state index in [-0.39, 0.29) is 24.1 Å². The first-order chi connectivity index (χ1) is 15.6. The second-order valence-electron chi connectivity index (χ2n) is 7.89. The average molecular weight is 428 g/mol. The van der Waals surface area contributed by atoms with Crippen molar-refractivity contribution in [2.45, 2.75) is 18.9 Å². The van der Waals surface area contributed by atoms with Crippen molar-refractivity contribution in [2.75, 3.05) is 6.54 Å². The van der Waals surface area contributed by atoms with Gasteiger partial charge in [-0.25, -0.2) is 0 Å². The fraction of sp³-hybridized carbons (Fsp3) is 0.192. The van der Waals surface area contributed by atoms with Crippen molar-refractivity contribution in [1.82, 2.24) is 15.8 Å². The van der Waals surface area contributed by atoms with Gasteiger partial charge in [0.2, 0.25) is 17.7 Å². The quantitative estimate of drug-likeness (QED) is 0.594. The van der Waals surface area contributed by atoms with Crippen molar-refractivity contribution < 1.29 is 14.4 Å². The van der Waals surface area contributed by atoms with E-state index in [2.05, 4.69) is 10.9 Å². The number of benzene rings is 3. The summed E-state index contributed by atoms with van der Waals surface area (Å²) >= 11 is 0. The summed E-state index contributed by atoms with van der Waals surface area (Å²) in [4.78, 5) is 39.8. The lowest BCUT2D eigenvalue weighted by Crippen LogP contribution is -2.47. The second kappa shape index (κ2) is 9.92. The average Bonchev–Trinajstić information content (AvgIpc) is 3.20. The van der Waals surface area contributed by atoms with Crippen LogP contribution < -0.4 is 10.9 Å². The number of likely N-dealkylation sites (tertiary alicyclic amines) is 1. The third-order valence-electron chi connectivity index (χ3n) is 5.64. The van der Waals surface area contributed by atoms with Crippen molar-refractivity contribution in [3.8, 4) is 0 Å². The van der Waals surface area contributed by atoms with Gasteiger partial charge in [0.25, 0.3) is 0 Å². The van der Waals surface area contributed by atoms with Gasteiger partial charge in [0.1, 0.15) is 0 Å². The Bertz CT molecular complexity index is 1030. The Hall–Kier alpha value is -3.93. The largest absolute Gasteiger partial charge is 0.338 e. The van der Waals surface area contributed by atoms with Crippen LogP contribution in [0.15, 0.2) is 91.0 Å². The SMILES string of the molecule is O=C(NNC(=O)C(c1ccccc1)c1ccccc1)C1CC(=O)N(Cc2ccccc2)C1. The van der Waals surface area contributed by atoms with Crippen LogP contribution in [-0.4, -0.2) is 29.2 Å².